The smallest absolute Gasteiger partial charge is 0.123 e. The van der Waals surface area contributed by atoms with Gasteiger partial charge in [0.25, 0.3) is 0 Å². The van der Waals surface area contributed by atoms with Crippen LogP contribution in [0.1, 0.15) is 12.8 Å². The third-order valence-corrected chi connectivity index (χ3v) is 2.25. The quantitative estimate of drug-likeness (QED) is 0.778. The van der Waals surface area contributed by atoms with E-state index < -0.39 is 0 Å². The molecule has 0 unspecified atom stereocenters. The average Bonchev–Trinajstić information content (AvgIpc) is 2.25. The number of anilines is 1. The van der Waals surface area contributed by atoms with Crippen LogP contribution in [-0.4, -0.2) is 0 Å². The Morgan fingerprint density at radius 3 is 2.27 bits per heavy atom. The summed E-state index contributed by atoms with van der Waals surface area (Å²) >= 11 is 0. The number of hydrogen-bond donors (Lipinski definition) is 1. The zero-order chi connectivity index (χ0) is 10.7. The SMILES string of the molecule is FC1=CC=C(Nc2ccc(F)cc2)CC1. The van der Waals surface area contributed by atoms with Gasteiger partial charge in [-0.05, 0) is 42.8 Å². The van der Waals surface area contributed by atoms with E-state index in [1.54, 1.807) is 18.2 Å². The van der Waals surface area contributed by atoms with E-state index in [0.29, 0.717) is 12.8 Å². The number of halogens is 2. The molecule has 0 radical (unpaired) electrons. The van der Waals surface area contributed by atoms with Gasteiger partial charge in [0, 0.05) is 17.8 Å². The van der Waals surface area contributed by atoms with E-state index in [9.17, 15) is 8.78 Å². The molecule has 2 rings (SSSR count). The van der Waals surface area contributed by atoms with Crippen molar-refractivity contribution in [3.05, 3.63) is 53.8 Å². The molecule has 0 aliphatic heterocycles. The zero-order valence-electron chi connectivity index (χ0n) is 8.13. The highest BCUT2D eigenvalue weighted by Gasteiger charge is 2.05. The number of nitrogens with one attached hydrogen (secondary N) is 1. The van der Waals surface area contributed by atoms with Crippen LogP contribution in [0.4, 0.5) is 14.5 Å². The van der Waals surface area contributed by atoms with Crippen molar-refractivity contribution in [2.45, 2.75) is 12.8 Å². The van der Waals surface area contributed by atoms with Crippen molar-refractivity contribution in [1.29, 1.82) is 0 Å². The van der Waals surface area contributed by atoms with E-state index in [4.69, 9.17) is 0 Å². The second kappa shape index (κ2) is 4.26. The van der Waals surface area contributed by atoms with Gasteiger partial charge in [-0.3, -0.25) is 0 Å². The third kappa shape index (κ3) is 2.65. The molecule has 0 bridgehead atoms. The van der Waals surface area contributed by atoms with Crippen LogP contribution in [0.2, 0.25) is 0 Å². The zero-order valence-corrected chi connectivity index (χ0v) is 8.13. The maximum atomic E-state index is 12.7. The molecular weight excluding hydrogens is 196 g/mol. The van der Waals surface area contributed by atoms with Gasteiger partial charge in [-0.15, -0.1) is 0 Å². The van der Waals surface area contributed by atoms with Crippen molar-refractivity contribution in [2.75, 3.05) is 5.32 Å². The number of allylic oxidation sites excluding steroid dienone is 4. The molecule has 1 aliphatic carbocycles. The lowest BCUT2D eigenvalue weighted by molar-refractivity contribution is 0.582. The van der Waals surface area contributed by atoms with Crippen LogP contribution in [-0.2, 0) is 0 Å². The van der Waals surface area contributed by atoms with Gasteiger partial charge in [0.15, 0.2) is 0 Å². The molecule has 1 N–H and O–H groups in total. The highest BCUT2D eigenvalue weighted by molar-refractivity contribution is 5.49. The van der Waals surface area contributed by atoms with Gasteiger partial charge in [0.05, 0.1) is 0 Å². The van der Waals surface area contributed by atoms with Crippen molar-refractivity contribution >= 4 is 5.69 Å². The molecule has 0 fully saturated rings. The fourth-order valence-corrected chi connectivity index (χ4v) is 1.43. The number of hydrogen-bond acceptors (Lipinski definition) is 1. The second-order valence-corrected chi connectivity index (χ2v) is 3.44. The average molecular weight is 207 g/mol. The Labute approximate surface area is 87.1 Å². The second-order valence-electron chi connectivity index (χ2n) is 3.44. The Morgan fingerprint density at radius 2 is 1.67 bits per heavy atom. The lowest BCUT2D eigenvalue weighted by Crippen LogP contribution is -2.02. The van der Waals surface area contributed by atoms with E-state index in [0.717, 1.165) is 11.4 Å². The fourth-order valence-electron chi connectivity index (χ4n) is 1.43. The molecule has 1 aromatic rings. The largest absolute Gasteiger partial charge is 0.359 e. The highest BCUT2D eigenvalue weighted by Crippen LogP contribution is 2.21. The molecule has 0 saturated carbocycles. The standard InChI is InChI=1S/C12H11F2N/c13-9-1-5-11(6-2-9)15-12-7-3-10(14)4-8-12/h1-3,5-7,15H,4,8H2. The molecule has 0 aromatic heterocycles. The van der Waals surface area contributed by atoms with Gasteiger partial charge >= 0.3 is 0 Å². The van der Waals surface area contributed by atoms with Crippen LogP contribution in [0.5, 0.6) is 0 Å². The Balaban J connectivity index is 2.06. The normalized spacial score (nSPS) is 15.6. The first-order chi connectivity index (χ1) is 7.24. The minimum absolute atomic E-state index is 0.0975. The molecule has 78 valence electrons. The van der Waals surface area contributed by atoms with Gasteiger partial charge in [-0.2, -0.15) is 0 Å². The van der Waals surface area contributed by atoms with Crippen LogP contribution in [0.15, 0.2) is 47.9 Å². The molecule has 15 heavy (non-hydrogen) atoms. The van der Waals surface area contributed by atoms with Gasteiger partial charge in [0.2, 0.25) is 0 Å². The minimum atomic E-state index is -0.260. The topological polar surface area (TPSA) is 12.0 Å². The van der Waals surface area contributed by atoms with E-state index in [2.05, 4.69) is 5.32 Å². The molecule has 0 saturated heterocycles. The molecule has 0 spiro atoms. The summed E-state index contributed by atoms with van der Waals surface area (Å²) in [6, 6.07) is 6.10. The van der Waals surface area contributed by atoms with Crippen molar-refractivity contribution in [2.24, 2.45) is 0 Å². The van der Waals surface area contributed by atoms with E-state index in [1.165, 1.54) is 18.2 Å². The van der Waals surface area contributed by atoms with Crippen molar-refractivity contribution in [1.82, 2.24) is 0 Å². The van der Waals surface area contributed by atoms with Crippen molar-refractivity contribution < 1.29 is 8.78 Å². The van der Waals surface area contributed by atoms with Crippen molar-refractivity contribution in [3.8, 4) is 0 Å². The molecule has 0 heterocycles. The lowest BCUT2D eigenvalue weighted by atomic mass is 10.1. The monoisotopic (exact) mass is 207 g/mol. The van der Waals surface area contributed by atoms with Crippen LogP contribution in [0.25, 0.3) is 0 Å². The molecule has 0 atom stereocenters. The summed E-state index contributed by atoms with van der Waals surface area (Å²) < 4.78 is 25.3. The number of rotatable bonds is 2. The third-order valence-electron chi connectivity index (χ3n) is 2.25. The summed E-state index contributed by atoms with van der Waals surface area (Å²) in [6.45, 7) is 0. The Morgan fingerprint density at radius 1 is 0.933 bits per heavy atom. The van der Waals surface area contributed by atoms with Crippen LogP contribution < -0.4 is 5.32 Å². The van der Waals surface area contributed by atoms with E-state index >= 15 is 0 Å². The summed E-state index contributed by atoms with van der Waals surface area (Å²) in [5.41, 5.74) is 1.77. The Bertz CT molecular complexity index is 404. The Kier molecular flexibility index (Phi) is 2.81. The van der Waals surface area contributed by atoms with Gasteiger partial charge < -0.3 is 5.32 Å². The molecule has 1 nitrogen and oxygen atoms in total. The van der Waals surface area contributed by atoms with Crippen LogP contribution in [0, 0.1) is 5.82 Å². The first kappa shape index (κ1) is 9.90. The highest BCUT2D eigenvalue weighted by atomic mass is 19.1. The number of benzene rings is 1. The van der Waals surface area contributed by atoms with Crippen molar-refractivity contribution in [3.63, 3.8) is 0 Å². The summed E-state index contributed by atoms with van der Waals surface area (Å²) in [6.07, 6.45) is 4.25. The predicted molar refractivity (Wildman–Crippen MR) is 56.5 cm³/mol. The van der Waals surface area contributed by atoms with E-state index in [1.807, 2.05) is 0 Å². The van der Waals surface area contributed by atoms with Crippen LogP contribution >= 0.6 is 0 Å². The first-order valence-electron chi connectivity index (χ1n) is 4.82. The molecule has 1 aliphatic rings. The summed E-state index contributed by atoms with van der Waals surface area (Å²) in [4.78, 5) is 0. The minimum Gasteiger partial charge on any atom is -0.359 e. The van der Waals surface area contributed by atoms with Crippen LogP contribution in [0.3, 0.4) is 0 Å². The molecular formula is C12H11F2N. The first-order valence-corrected chi connectivity index (χ1v) is 4.82. The summed E-state index contributed by atoms with van der Waals surface area (Å²) in [5.74, 6) is -0.358. The Hall–Kier alpha value is -1.64. The van der Waals surface area contributed by atoms with E-state index in [-0.39, 0.29) is 11.6 Å². The lowest BCUT2D eigenvalue weighted by Gasteiger charge is -2.12. The van der Waals surface area contributed by atoms with Gasteiger partial charge in [-0.1, -0.05) is 0 Å². The van der Waals surface area contributed by atoms with Gasteiger partial charge in [0.1, 0.15) is 11.6 Å². The summed E-state index contributed by atoms with van der Waals surface area (Å²) in [7, 11) is 0. The molecule has 1 aromatic carbocycles. The fraction of sp³-hybridized carbons (Fsp3) is 0.167. The summed E-state index contributed by atoms with van der Waals surface area (Å²) in [5, 5.41) is 3.11. The maximum Gasteiger partial charge on any atom is 0.123 e. The molecule has 0 amide bonds. The van der Waals surface area contributed by atoms with Gasteiger partial charge in [-0.25, -0.2) is 8.78 Å². The predicted octanol–water partition coefficient (Wildman–Crippen LogP) is 3.77. The maximum absolute atomic E-state index is 12.7. The molecule has 3 heteroatoms.